The third-order valence-corrected chi connectivity index (χ3v) is 5.51. The minimum Gasteiger partial charge on any atom is -0.494 e. The molecule has 1 N–H and O–H groups in total. The summed E-state index contributed by atoms with van der Waals surface area (Å²) in [7, 11) is 0. The van der Waals surface area contributed by atoms with Crippen LogP contribution in [0.25, 0.3) is 0 Å². The predicted molar refractivity (Wildman–Crippen MR) is 110 cm³/mol. The first-order chi connectivity index (χ1) is 13.9. The molecule has 0 radical (unpaired) electrons. The lowest BCUT2D eigenvalue weighted by Crippen LogP contribution is -2.54. The van der Waals surface area contributed by atoms with Crippen molar-refractivity contribution in [3.63, 3.8) is 0 Å². The van der Waals surface area contributed by atoms with E-state index >= 15 is 0 Å². The molecule has 0 spiro atoms. The first-order valence-corrected chi connectivity index (χ1v) is 10.5. The van der Waals surface area contributed by atoms with Crippen LogP contribution in [0, 0.1) is 5.92 Å². The van der Waals surface area contributed by atoms with Crippen molar-refractivity contribution in [2.24, 2.45) is 5.92 Å². The summed E-state index contributed by atoms with van der Waals surface area (Å²) in [5, 5.41) is 2.84. The summed E-state index contributed by atoms with van der Waals surface area (Å²) in [6, 6.07) is 6.76. The number of rotatable bonds is 9. The number of carbonyl (C=O) groups is 3. The van der Waals surface area contributed by atoms with E-state index in [0.717, 1.165) is 44.6 Å². The van der Waals surface area contributed by atoms with Gasteiger partial charge in [0.15, 0.2) is 5.78 Å². The Morgan fingerprint density at radius 3 is 2.34 bits per heavy atom. The van der Waals surface area contributed by atoms with Gasteiger partial charge in [-0.05, 0) is 57.4 Å². The quantitative estimate of drug-likeness (QED) is 0.504. The molecule has 7 heteroatoms. The summed E-state index contributed by atoms with van der Waals surface area (Å²) >= 11 is 0. The molecule has 1 heterocycles. The van der Waals surface area contributed by atoms with Gasteiger partial charge in [0.1, 0.15) is 11.8 Å². The second-order valence-electron chi connectivity index (χ2n) is 7.95. The molecule has 1 unspecified atom stereocenters. The minimum absolute atomic E-state index is 0.0102. The van der Waals surface area contributed by atoms with Gasteiger partial charge in [0.25, 0.3) is 0 Å². The van der Waals surface area contributed by atoms with Gasteiger partial charge < -0.3 is 15.0 Å². The number of hydrogen-bond acceptors (Lipinski definition) is 5. The van der Waals surface area contributed by atoms with Crippen LogP contribution in [-0.4, -0.2) is 72.8 Å². The van der Waals surface area contributed by atoms with E-state index in [0.29, 0.717) is 25.3 Å². The van der Waals surface area contributed by atoms with Crippen molar-refractivity contribution in [2.75, 3.05) is 39.3 Å². The van der Waals surface area contributed by atoms with E-state index in [9.17, 15) is 14.4 Å². The zero-order chi connectivity index (χ0) is 20.8. The lowest BCUT2D eigenvalue weighted by Gasteiger charge is -2.36. The van der Waals surface area contributed by atoms with Crippen LogP contribution >= 0.6 is 0 Å². The van der Waals surface area contributed by atoms with E-state index < -0.39 is 6.04 Å². The van der Waals surface area contributed by atoms with Crippen molar-refractivity contribution in [3.05, 3.63) is 29.8 Å². The van der Waals surface area contributed by atoms with Gasteiger partial charge in [-0.1, -0.05) is 0 Å². The second-order valence-corrected chi connectivity index (χ2v) is 7.95. The van der Waals surface area contributed by atoms with Gasteiger partial charge in [-0.3, -0.25) is 19.3 Å². The van der Waals surface area contributed by atoms with Crippen LogP contribution in [0.15, 0.2) is 24.3 Å². The van der Waals surface area contributed by atoms with Crippen LogP contribution in [0.4, 0.5) is 0 Å². The predicted octanol–water partition coefficient (Wildman–Crippen LogP) is 1.72. The molecule has 2 aliphatic rings. The summed E-state index contributed by atoms with van der Waals surface area (Å²) in [5.74, 6) is 0.967. The molecule has 0 bridgehead atoms. The Hall–Kier alpha value is -2.41. The number of hydrogen-bond donors (Lipinski definition) is 1. The van der Waals surface area contributed by atoms with Crippen molar-refractivity contribution >= 4 is 17.6 Å². The highest BCUT2D eigenvalue weighted by Crippen LogP contribution is 2.28. The molecule has 2 fully saturated rings. The van der Waals surface area contributed by atoms with Gasteiger partial charge in [-0.2, -0.15) is 0 Å². The number of amides is 2. The van der Waals surface area contributed by atoms with Crippen molar-refractivity contribution in [1.29, 1.82) is 0 Å². The van der Waals surface area contributed by atoms with Crippen LogP contribution in [-0.2, 0) is 9.59 Å². The molecule has 1 aliphatic carbocycles. The Labute approximate surface area is 172 Å². The molecule has 1 saturated carbocycles. The molecular formula is C22H31N3O4. The number of nitrogens with one attached hydrogen (secondary N) is 1. The standard InChI is InChI=1S/C22H31N3O4/c1-16(23-21(27)19-4-5-19)22(28)25-13-11-24(12-14-25)10-3-15-29-20-8-6-18(7-9-20)17(2)26/h6-9,16,19H,3-5,10-15H2,1-2H3,(H,23,27). The summed E-state index contributed by atoms with van der Waals surface area (Å²) in [6.07, 6.45) is 2.79. The van der Waals surface area contributed by atoms with Gasteiger partial charge in [-0.15, -0.1) is 0 Å². The second kappa shape index (κ2) is 9.87. The van der Waals surface area contributed by atoms with E-state index in [1.54, 1.807) is 26.0 Å². The maximum Gasteiger partial charge on any atom is 0.244 e. The first kappa shape index (κ1) is 21.3. The van der Waals surface area contributed by atoms with Crippen molar-refractivity contribution < 1.29 is 19.1 Å². The molecule has 2 amide bonds. The molecule has 1 aromatic carbocycles. The van der Waals surface area contributed by atoms with Crippen LogP contribution in [0.2, 0.25) is 0 Å². The maximum absolute atomic E-state index is 12.5. The van der Waals surface area contributed by atoms with E-state index in [1.165, 1.54) is 0 Å². The maximum atomic E-state index is 12.5. The Morgan fingerprint density at radius 1 is 1.10 bits per heavy atom. The smallest absolute Gasteiger partial charge is 0.244 e. The average molecular weight is 402 g/mol. The summed E-state index contributed by atoms with van der Waals surface area (Å²) < 4.78 is 5.74. The molecule has 3 rings (SSSR count). The molecule has 1 aliphatic heterocycles. The van der Waals surface area contributed by atoms with E-state index in [2.05, 4.69) is 10.2 Å². The monoisotopic (exact) mass is 401 g/mol. The average Bonchev–Trinajstić information content (AvgIpc) is 3.57. The zero-order valence-electron chi connectivity index (χ0n) is 17.4. The molecule has 0 aromatic heterocycles. The number of piperazine rings is 1. The molecular weight excluding hydrogens is 370 g/mol. The summed E-state index contributed by atoms with van der Waals surface area (Å²) in [5.41, 5.74) is 0.686. The van der Waals surface area contributed by atoms with Crippen molar-refractivity contribution in [1.82, 2.24) is 15.1 Å². The molecule has 29 heavy (non-hydrogen) atoms. The molecule has 1 atom stereocenters. The number of benzene rings is 1. The van der Waals surface area contributed by atoms with Gasteiger partial charge >= 0.3 is 0 Å². The summed E-state index contributed by atoms with van der Waals surface area (Å²) in [6.45, 7) is 7.91. The SMILES string of the molecule is CC(=O)c1ccc(OCCCN2CCN(C(=O)C(C)NC(=O)C3CC3)CC2)cc1. The Morgan fingerprint density at radius 2 is 1.76 bits per heavy atom. The van der Waals surface area contributed by atoms with Gasteiger partial charge in [0.05, 0.1) is 6.61 Å². The van der Waals surface area contributed by atoms with Gasteiger partial charge in [0.2, 0.25) is 11.8 Å². The highest BCUT2D eigenvalue weighted by molar-refractivity contribution is 5.94. The van der Waals surface area contributed by atoms with Gasteiger partial charge in [0, 0.05) is 44.2 Å². The fourth-order valence-electron chi connectivity index (χ4n) is 3.47. The zero-order valence-corrected chi connectivity index (χ0v) is 17.4. The number of carbonyl (C=O) groups excluding carboxylic acids is 3. The van der Waals surface area contributed by atoms with E-state index in [1.807, 2.05) is 17.0 Å². The fraction of sp³-hybridized carbons (Fsp3) is 0.591. The number of ether oxygens (including phenoxy) is 1. The van der Waals surface area contributed by atoms with Crippen LogP contribution < -0.4 is 10.1 Å². The molecule has 1 saturated heterocycles. The third-order valence-electron chi connectivity index (χ3n) is 5.51. The third kappa shape index (κ3) is 6.29. The Balaban J connectivity index is 1.30. The van der Waals surface area contributed by atoms with Crippen LogP contribution in [0.3, 0.4) is 0 Å². The topological polar surface area (TPSA) is 79.0 Å². The highest BCUT2D eigenvalue weighted by Gasteiger charge is 2.32. The van der Waals surface area contributed by atoms with Crippen molar-refractivity contribution in [3.8, 4) is 5.75 Å². The van der Waals surface area contributed by atoms with Crippen LogP contribution in [0.5, 0.6) is 5.75 Å². The largest absolute Gasteiger partial charge is 0.494 e. The minimum atomic E-state index is -0.447. The van der Waals surface area contributed by atoms with E-state index in [-0.39, 0.29) is 23.5 Å². The fourth-order valence-corrected chi connectivity index (χ4v) is 3.47. The van der Waals surface area contributed by atoms with Gasteiger partial charge in [-0.25, -0.2) is 0 Å². The lowest BCUT2D eigenvalue weighted by atomic mass is 10.1. The number of nitrogens with zero attached hydrogens (tertiary/aromatic N) is 2. The van der Waals surface area contributed by atoms with Crippen LogP contribution in [0.1, 0.15) is 43.5 Å². The summed E-state index contributed by atoms with van der Waals surface area (Å²) in [4.78, 5) is 39.8. The normalized spacial score (nSPS) is 18.2. The van der Waals surface area contributed by atoms with E-state index in [4.69, 9.17) is 4.74 Å². The number of ketones is 1. The first-order valence-electron chi connectivity index (χ1n) is 10.5. The lowest BCUT2D eigenvalue weighted by molar-refractivity contribution is -0.137. The Kier molecular flexibility index (Phi) is 7.25. The molecule has 1 aromatic rings. The molecule has 158 valence electrons. The number of Topliss-reactive ketones (excluding diaryl/α,β-unsaturated/α-hetero) is 1. The highest BCUT2D eigenvalue weighted by atomic mass is 16.5. The van der Waals surface area contributed by atoms with Crippen molar-refractivity contribution in [2.45, 2.75) is 39.2 Å². The molecule has 7 nitrogen and oxygen atoms in total. The Bertz CT molecular complexity index is 722.